The van der Waals surface area contributed by atoms with Gasteiger partial charge in [-0.05, 0) is 25.2 Å². The molecule has 1 saturated heterocycles. The molecule has 1 aliphatic heterocycles. The highest BCUT2D eigenvalue weighted by molar-refractivity contribution is 7.99. The Balaban J connectivity index is 1.71. The molecule has 23 heavy (non-hydrogen) atoms. The fraction of sp³-hybridized carbons (Fsp3) is 0.600. The van der Waals surface area contributed by atoms with Gasteiger partial charge in [0.15, 0.2) is 5.82 Å². The first-order valence-electron chi connectivity index (χ1n) is 7.81. The van der Waals surface area contributed by atoms with Gasteiger partial charge >= 0.3 is 0 Å². The third-order valence-electron chi connectivity index (χ3n) is 4.27. The molecule has 124 valence electrons. The highest BCUT2D eigenvalue weighted by atomic mass is 32.2. The van der Waals surface area contributed by atoms with Crippen LogP contribution in [-0.4, -0.2) is 60.5 Å². The fourth-order valence-corrected chi connectivity index (χ4v) is 3.47. The summed E-state index contributed by atoms with van der Waals surface area (Å²) in [6.45, 7) is 2.21. The number of thioether (sulfide) groups is 1. The third-order valence-corrected chi connectivity index (χ3v) is 4.80. The zero-order valence-corrected chi connectivity index (χ0v) is 14.4. The van der Waals surface area contributed by atoms with Gasteiger partial charge in [-0.2, -0.15) is 16.9 Å². The fourth-order valence-electron chi connectivity index (χ4n) is 3.04. The Labute approximate surface area is 140 Å². The van der Waals surface area contributed by atoms with Gasteiger partial charge in [-0.1, -0.05) is 0 Å². The van der Waals surface area contributed by atoms with Gasteiger partial charge in [0.2, 0.25) is 5.91 Å². The average molecular weight is 334 g/mol. The molecule has 3 rings (SSSR count). The van der Waals surface area contributed by atoms with Gasteiger partial charge in [-0.15, -0.1) is 10.2 Å². The summed E-state index contributed by atoms with van der Waals surface area (Å²) in [6, 6.07) is 1.90. The number of carbonyl (C=O) groups excluding carboxylic acids is 1. The zero-order valence-electron chi connectivity index (χ0n) is 13.6. The number of amides is 1. The van der Waals surface area contributed by atoms with Crippen molar-refractivity contribution in [2.75, 3.05) is 25.1 Å². The van der Waals surface area contributed by atoms with Crippen LogP contribution in [0.3, 0.4) is 0 Å². The van der Waals surface area contributed by atoms with E-state index in [1.54, 1.807) is 18.0 Å². The summed E-state index contributed by atoms with van der Waals surface area (Å²) in [5.41, 5.74) is 0. The normalized spacial score (nSPS) is 18.3. The maximum Gasteiger partial charge on any atom is 0.232 e. The molecular weight excluding hydrogens is 312 g/mol. The topological polar surface area (TPSA) is 68.8 Å². The van der Waals surface area contributed by atoms with Crippen molar-refractivity contribution in [2.45, 2.75) is 25.3 Å². The van der Waals surface area contributed by atoms with E-state index in [1.807, 2.05) is 35.1 Å². The highest BCUT2D eigenvalue weighted by Crippen LogP contribution is 2.26. The van der Waals surface area contributed by atoms with Crippen molar-refractivity contribution in [2.24, 2.45) is 7.05 Å². The number of rotatable bonds is 5. The Kier molecular flexibility index (Phi) is 5.00. The summed E-state index contributed by atoms with van der Waals surface area (Å²) < 4.78 is 3.89. The first-order valence-corrected chi connectivity index (χ1v) is 9.20. The second-order valence-electron chi connectivity index (χ2n) is 5.85. The van der Waals surface area contributed by atoms with Crippen LogP contribution in [-0.2, 0) is 18.4 Å². The molecule has 1 aliphatic rings. The van der Waals surface area contributed by atoms with Crippen LogP contribution in [0.4, 0.5) is 0 Å². The number of aromatic nitrogens is 5. The molecule has 1 amide bonds. The SMILES string of the molecule is CSCC(=O)N1CCC[C@@H](c2nnc(Cn3cccn3)n2C)C1. The molecule has 7 nitrogen and oxygen atoms in total. The van der Waals surface area contributed by atoms with E-state index >= 15 is 0 Å². The van der Waals surface area contributed by atoms with E-state index in [2.05, 4.69) is 19.9 Å². The Bertz CT molecular complexity index is 653. The standard InChI is InChI=1S/C15H22N6OS/c1-19-13(10-21-8-4-6-16-21)17-18-15(19)12-5-3-7-20(9-12)14(22)11-23-2/h4,6,8,12H,3,5,7,9-11H2,1-2H3/t12-/m1/s1. The van der Waals surface area contributed by atoms with Crippen LogP contribution in [0, 0.1) is 0 Å². The molecule has 0 radical (unpaired) electrons. The smallest absolute Gasteiger partial charge is 0.232 e. The molecule has 0 unspecified atom stereocenters. The molecular formula is C15H22N6OS. The summed E-state index contributed by atoms with van der Waals surface area (Å²) >= 11 is 1.58. The maximum absolute atomic E-state index is 12.1. The Morgan fingerprint density at radius 2 is 2.30 bits per heavy atom. The predicted octanol–water partition coefficient (Wildman–Crippen LogP) is 1.13. The highest BCUT2D eigenvalue weighted by Gasteiger charge is 2.28. The number of hydrogen-bond donors (Lipinski definition) is 0. The lowest BCUT2D eigenvalue weighted by Crippen LogP contribution is -2.40. The molecule has 3 heterocycles. The van der Waals surface area contributed by atoms with Gasteiger partial charge in [-0.25, -0.2) is 0 Å². The molecule has 0 spiro atoms. The largest absolute Gasteiger partial charge is 0.341 e. The van der Waals surface area contributed by atoms with Crippen molar-refractivity contribution in [3.05, 3.63) is 30.1 Å². The number of likely N-dealkylation sites (tertiary alicyclic amines) is 1. The molecule has 2 aromatic rings. The van der Waals surface area contributed by atoms with Gasteiger partial charge in [0, 0.05) is 38.4 Å². The zero-order chi connectivity index (χ0) is 16.2. The van der Waals surface area contributed by atoms with E-state index in [1.165, 1.54) is 0 Å². The molecule has 8 heteroatoms. The van der Waals surface area contributed by atoms with Gasteiger partial charge in [0.05, 0.1) is 5.75 Å². The molecule has 0 bridgehead atoms. The minimum absolute atomic E-state index is 0.223. The van der Waals surface area contributed by atoms with Crippen LogP contribution in [0.15, 0.2) is 18.5 Å². The molecule has 0 aromatic carbocycles. The minimum atomic E-state index is 0.223. The number of carbonyl (C=O) groups is 1. The van der Waals surface area contributed by atoms with Gasteiger partial charge in [0.25, 0.3) is 0 Å². The molecule has 1 fully saturated rings. The summed E-state index contributed by atoms with van der Waals surface area (Å²) in [4.78, 5) is 14.1. The monoisotopic (exact) mass is 334 g/mol. The lowest BCUT2D eigenvalue weighted by Gasteiger charge is -2.32. The van der Waals surface area contributed by atoms with Gasteiger partial charge in [0.1, 0.15) is 12.4 Å². The van der Waals surface area contributed by atoms with Crippen molar-refractivity contribution in [3.8, 4) is 0 Å². The Hall–Kier alpha value is -1.83. The Morgan fingerprint density at radius 1 is 1.43 bits per heavy atom. The van der Waals surface area contributed by atoms with Crippen LogP contribution in [0.5, 0.6) is 0 Å². The van der Waals surface area contributed by atoms with Crippen LogP contribution in [0.1, 0.15) is 30.4 Å². The quantitative estimate of drug-likeness (QED) is 0.820. The van der Waals surface area contributed by atoms with Crippen LogP contribution in [0.2, 0.25) is 0 Å². The third kappa shape index (κ3) is 3.57. The predicted molar refractivity (Wildman–Crippen MR) is 89.3 cm³/mol. The van der Waals surface area contributed by atoms with Crippen LogP contribution < -0.4 is 0 Å². The van der Waals surface area contributed by atoms with E-state index in [-0.39, 0.29) is 11.8 Å². The summed E-state index contributed by atoms with van der Waals surface area (Å²) in [5.74, 6) is 2.89. The van der Waals surface area contributed by atoms with Crippen molar-refractivity contribution in [1.29, 1.82) is 0 Å². The maximum atomic E-state index is 12.1. The van der Waals surface area contributed by atoms with Gasteiger partial charge < -0.3 is 9.47 Å². The first kappa shape index (κ1) is 16.0. The van der Waals surface area contributed by atoms with E-state index in [9.17, 15) is 4.79 Å². The van der Waals surface area contributed by atoms with E-state index in [0.717, 1.165) is 37.6 Å². The summed E-state index contributed by atoms with van der Waals surface area (Å²) in [5, 5.41) is 12.9. The molecule has 1 atom stereocenters. The first-order chi connectivity index (χ1) is 11.2. The number of piperidine rings is 1. The molecule has 0 saturated carbocycles. The summed E-state index contributed by atoms with van der Waals surface area (Å²) in [7, 11) is 2.00. The van der Waals surface area contributed by atoms with Gasteiger partial charge in [-0.3, -0.25) is 9.48 Å². The Morgan fingerprint density at radius 3 is 3.04 bits per heavy atom. The van der Waals surface area contributed by atoms with E-state index in [0.29, 0.717) is 12.3 Å². The number of nitrogens with zero attached hydrogens (tertiary/aromatic N) is 6. The molecule has 2 aromatic heterocycles. The second kappa shape index (κ2) is 7.16. The van der Waals surface area contributed by atoms with Crippen molar-refractivity contribution < 1.29 is 4.79 Å². The molecule has 0 N–H and O–H groups in total. The van der Waals surface area contributed by atoms with Crippen LogP contribution in [0.25, 0.3) is 0 Å². The van der Waals surface area contributed by atoms with Crippen molar-refractivity contribution in [3.63, 3.8) is 0 Å². The van der Waals surface area contributed by atoms with E-state index in [4.69, 9.17) is 0 Å². The molecule has 0 aliphatic carbocycles. The van der Waals surface area contributed by atoms with Crippen molar-refractivity contribution in [1.82, 2.24) is 29.4 Å². The average Bonchev–Trinajstić information content (AvgIpc) is 3.19. The van der Waals surface area contributed by atoms with E-state index < -0.39 is 0 Å². The van der Waals surface area contributed by atoms with Crippen molar-refractivity contribution >= 4 is 17.7 Å². The summed E-state index contributed by atoms with van der Waals surface area (Å²) in [6.07, 6.45) is 7.71. The minimum Gasteiger partial charge on any atom is -0.341 e. The number of hydrogen-bond acceptors (Lipinski definition) is 5. The lowest BCUT2D eigenvalue weighted by molar-refractivity contribution is -0.129. The second-order valence-corrected chi connectivity index (χ2v) is 6.72. The lowest BCUT2D eigenvalue weighted by atomic mass is 9.97. The van der Waals surface area contributed by atoms with Crippen LogP contribution >= 0.6 is 11.8 Å².